The fraction of sp³-hybridized carbons (Fsp3) is 0.370. The van der Waals surface area contributed by atoms with Crippen molar-refractivity contribution >= 4 is 11.8 Å². The van der Waals surface area contributed by atoms with Crippen molar-refractivity contribution in [2.24, 2.45) is 7.05 Å². The first-order valence-electron chi connectivity index (χ1n) is 12.2. The van der Waals surface area contributed by atoms with E-state index in [4.69, 9.17) is 9.47 Å². The number of fused-ring (bicyclic) bond motifs is 7. The molecule has 4 bridgehead atoms. The van der Waals surface area contributed by atoms with Crippen molar-refractivity contribution in [3.63, 3.8) is 0 Å². The van der Waals surface area contributed by atoms with E-state index in [1.807, 2.05) is 56.7 Å². The zero-order valence-electron chi connectivity index (χ0n) is 20.6. The summed E-state index contributed by atoms with van der Waals surface area (Å²) < 4.78 is 13.9. The second-order valence-corrected chi connectivity index (χ2v) is 9.47. The highest BCUT2D eigenvalue weighted by Gasteiger charge is 2.32. The Morgan fingerprint density at radius 2 is 1.97 bits per heavy atom. The molecule has 0 aliphatic carbocycles. The van der Waals surface area contributed by atoms with Gasteiger partial charge in [0.05, 0.1) is 12.2 Å². The zero-order valence-corrected chi connectivity index (χ0v) is 20.6. The Labute approximate surface area is 210 Å². The molecule has 3 aromatic rings. The van der Waals surface area contributed by atoms with Crippen LogP contribution in [0.1, 0.15) is 33.5 Å². The van der Waals surface area contributed by atoms with Gasteiger partial charge in [-0.3, -0.25) is 19.2 Å². The summed E-state index contributed by atoms with van der Waals surface area (Å²) in [7, 11) is 1.91. The number of aryl methyl sites for hydroxylation is 2. The van der Waals surface area contributed by atoms with E-state index in [-0.39, 0.29) is 30.6 Å². The van der Waals surface area contributed by atoms with Crippen LogP contribution in [0, 0.1) is 6.92 Å². The predicted molar refractivity (Wildman–Crippen MR) is 134 cm³/mol. The molecule has 9 heteroatoms. The Hall–Kier alpha value is -3.85. The highest BCUT2D eigenvalue weighted by atomic mass is 16.5. The van der Waals surface area contributed by atoms with Gasteiger partial charge in [0.1, 0.15) is 17.6 Å². The second-order valence-electron chi connectivity index (χ2n) is 9.47. The molecule has 0 unspecified atom stereocenters. The van der Waals surface area contributed by atoms with Crippen LogP contribution in [0.3, 0.4) is 0 Å². The van der Waals surface area contributed by atoms with Gasteiger partial charge < -0.3 is 20.1 Å². The minimum Gasteiger partial charge on any atom is -0.488 e. The highest BCUT2D eigenvalue weighted by molar-refractivity contribution is 5.95. The fourth-order valence-electron chi connectivity index (χ4n) is 4.64. The molecule has 4 heterocycles. The molecule has 0 spiro atoms. The third-order valence-corrected chi connectivity index (χ3v) is 6.62. The van der Waals surface area contributed by atoms with Crippen LogP contribution in [-0.2, 0) is 24.9 Å². The Bertz CT molecular complexity index is 1240. The molecule has 188 valence electrons. The quantitative estimate of drug-likeness (QED) is 0.573. The minimum absolute atomic E-state index is 0.124. The maximum absolute atomic E-state index is 13.3. The van der Waals surface area contributed by atoms with E-state index >= 15 is 0 Å². The number of hydrogen-bond acceptors (Lipinski definition) is 6. The van der Waals surface area contributed by atoms with E-state index in [0.29, 0.717) is 24.4 Å². The van der Waals surface area contributed by atoms with Crippen LogP contribution < -0.4 is 20.1 Å². The number of nitrogens with zero attached hydrogens (tertiary/aromatic N) is 3. The first kappa shape index (κ1) is 23.9. The number of piperidine rings is 1. The molecule has 2 aromatic carbocycles. The Kier molecular flexibility index (Phi) is 6.90. The molecule has 1 saturated heterocycles. The molecule has 0 saturated carbocycles. The molecule has 0 radical (unpaired) electrons. The van der Waals surface area contributed by atoms with E-state index in [9.17, 15) is 9.59 Å². The van der Waals surface area contributed by atoms with Crippen LogP contribution in [-0.4, -0.2) is 58.3 Å². The van der Waals surface area contributed by atoms with Crippen molar-refractivity contribution in [1.82, 2.24) is 25.3 Å². The molecular formula is C27H31N5O4. The van der Waals surface area contributed by atoms with E-state index in [1.54, 1.807) is 16.8 Å². The van der Waals surface area contributed by atoms with Gasteiger partial charge in [-0.1, -0.05) is 18.2 Å². The maximum atomic E-state index is 13.3. The molecule has 3 aliphatic rings. The summed E-state index contributed by atoms with van der Waals surface area (Å²) in [6.07, 6.45) is 4.47. The SMILES string of the molecule is Cc1ccc2cc1OCC(=O)NCc1ccc(cc1)O[C@H]1CCN(Cc3cnn(C)c3)C[C@@H]1NC2=O. The summed E-state index contributed by atoms with van der Waals surface area (Å²) >= 11 is 0. The van der Waals surface area contributed by atoms with Gasteiger partial charge in [0.15, 0.2) is 6.61 Å². The molecular weight excluding hydrogens is 458 g/mol. The van der Waals surface area contributed by atoms with Crippen molar-refractivity contribution in [2.45, 2.75) is 38.6 Å². The second kappa shape index (κ2) is 10.4. The molecule has 2 amide bonds. The monoisotopic (exact) mass is 489 g/mol. The number of benzene rings is 2. The van der Waals surface area contributed by atoms with E-state index in [0.717, 1.165) is 42.0 Å². The van der Waals surface area contributed by atoms with Crippen LogP contribution in [0.2, 0.25) is 0 Å². The molecule has 2 N–H and O–H groups in total. The molecule has 2 atom stereocenters. The van der Waals surface area contributed by atoms with Crippen LogP contribution in [0.4, 0.5) is 0 Å². The third kappa shape index (κ3) is 5.68. The number of ether oxygens (including phenoxy) is 2. The number of rotatable bonds is 2. The summed E-state index contributed by atoms with van der Waals surface area (Å²) in [6.45, 7) is 4.42. The van der Waals surface area contributed by atoms with Gasteiger partial charge in [0, 0.05) is 50.6 Å². The first-order valence-corrected chi connectivity index (χ1v) is 12.2. The number of amides is 2. The number of likely N-dealkylation sites (tertiary alicyclic amines) is 1. The summed E-state index contributed by atoms with van der Waals surface area (Å²) in [4.78, 5) is 27.9. The van der Waals surface area contributed by atoms with Crippen molar-refractivity contribution in [1.29, 1.82) is 0 Å². The molecule has 9 nitrogen and oxygen atoms in total. The predicted octanol–water partition coefficient (Wildman–Crippen LogP) is 2.19. The zero-order chi connectivity index (χ0) is 25.1. The lowest BCUT2D eigenvalue weighted by Crippen LogP contribution is -2.56. The summed E-state index contributed by atoms with van der Waals surface area (Å²) in [5, 5.41) is 10.3. The van der Waals surface area contributed by atoms with Gasteiger partial charge in [0.25, 0.3) is 11.8 Å². The van der Waals surface area contributed by atoms with E-state index in [1.165, 1.54) is 0 Å². The van der Waals surface area contributed by atoms with Crippen molar-refractivity contribution < 1.29 is 19.1 Å². The van der Waals surface area contributed by atoms with Gasteiger partial charge >= 0.3 is 0 Å². The Balaban J connectivity index is 1.41. The smallest absolute Gasteiger partial charge is 0.258 e. The molecule has 1 fully saturated rings. The number of carbonyl (C=O) groups excluding carboxylic acids is 2. The molecule has 36 heavy (non-hydrogen) atoms. The number of nitrogens with one attached hydrogen (secondary N) is 2. The average molecular weight is 490 g/mol. The topological polar surface area (TPSA) is 97.7 Å². The van der Waals surface area contributed by atoms with Crippen molar-refractivity contribution in [3.8, 4) is 11.5 Å². The lowest BCUT2D eigenvalue weighted by molar-refractivity contribution is -0.123. The lowest BCUT2D eigenvalue weighted by Gasteiger charge is -2.38. The van der Waals surface area contributed by atoms with Gasteiger partial charge in [-0.25, -0.2) is 0 Å². The lowest BCUT2D eigenvalue weighted by atomic mass is 10.0. The highest BCUT2D eigenvalue weighted by Crippen LogP contribution is 2.23. The standard InChI is InChI=1S/C27H31N5O4/c1-18-3-6-21-11-25(18)35-17-26(33)28-12-19-4-7-22(8-5-19)36-24-9-10-32(16-23(24)30-27(21)34)15-20-13-29-31(2)14-20/h3-8,11,13-14,23-24H,9-10,12,15-17H2,1-2H3,(H,28,33)(H,30,34)/t23-,24-/m0/s1. The maximum Gasteiger partial charge on any atom is 0.258 e. The van der Waals surface area contributed by atoms with Crippen molar-refractivity contribution in [3.05, 3.63) is 77.1 Å². The fourth-order valence-corrected chi connectivity index (χ4v) is 4.64. The normalized spacial score (nSPS) is 20.9. The summed E-state index contributed by atoms with van der Waals surface area (Å²) in [5.74, 6) is 0.820. The molecule has 1 aromatic heterocycles. The van der Waals surface area contributed by atoms with Gasteiger partial charge in [-0.15, -0.1) is 0 Å². The summed E-state index contributed by atoms with van der Waals surface area (Å²) in [6, 6.07) is 12.8. The minimum atomic E-state index is -0.228. The number of carbonyl (C=O) groups is 2. The van der Waals surface area contributed by atoms with Crippen LogP contribution in [0.25, 0.3) is 0 Å². The third-order valence-electron chi connectivity index (χ3n) is 6.62. The number of aromatic nitrogens is 2. The Morgan fingerprint density at radius 3 is 2.75 bits per heavy atom. The van der Waals surface area contributed by atoms with Crippen molar-refractivity contribution in [2.75, 3.05) is 19.7 Å². The number of hydrogen-bond donors (Lipinski definition) is 2. The first-order chi connectivity index (χ1) is 17.4. The van der Waals surface area contributed by atoms with Gasteiger partial charge in [-0.2, -0.15) is 5.10 Å². The molecule has 6 rings (SSSR count). The van der Waals surface area contributed by atoms with E-state index < -0.39 is 0 Å². The van der Waals surface area contributed by atoms with Crippen LogP contribution in [0.5, 0.6) is 11.5 Å². The summed E-state index contributed by atoms with van der Waals surface area (Å²) in [5.41, 5.74) is 3.43. The largest absolute Gasteiger partial charge is 0.488 e. The van der Waals surface area contributed by atoms with Gasteiger partial charge in [-0.05, 0) is 48.7 Å². The van der Waals surface area contributed by atoms with Gasteiger partial charge in [0.2, 0.25) is 0 Å². The van der Waals surface area contributed by atoms with E-state index in [2.05, 4.69) is 20.6 Å². The average Bonchev–Trinajstić information content (AvgIpc) is 3.28. The van der Waals surface area contributed by atoms with Crippen LogP contribution >= 0.6 is 0 Å². The van der Waals surface area contributed by atoms with Crippen LogP contribution in [0.15, 0.2) is 54.9 Å². The Morgan fingerprint density at radius 1 is 1.14 bits per heavy atom. The molecule has 3 aliphatic heterocycles.